The topological polar surface area (TPSA) is 48.3 Å². The number of hydrogen-bond acceptors (Lipinski definition) is 4. The molecule has 96 valence electrons. The number of aromatic nitrogens is 2. The van der Waals surface area contributed by atoms with Gasteiger partial charge in [-0.2, -0.15) is 5.10 Å². The van der Waals surface area contributed by atoms with Crippen LogP contribution in [0.25, 0.3) is 0 Å². The molecule has 0 aliphatic carbocycles. The molecule has 0 bridgehead atoms. The van der Waals surface area contributed by atoms with Crippen molar-refractivity contribution in [3.05, 3.63) is 18.0 Å². The first kappa shape index (κ1) is 12.5. The van der Waals surface area contributed by atoms with E-state index in [0.717, 1.165) is 19.6 Å². The smallest absolute Gasteiger partial charge is 0.163 e. The Bertz CT molecular complexity index is 362. The van der Waals surface area contributed by atoms with E-state index >= 15 is 0 Å². The van der Waals surface area contributed by atoms with E-state index in [9.17, 15) is 0 Å². The van der Waals surface area contributed by atoms with Gasteiger partial charge in [-0.05, 0) is 20.8 Å². The Morgan fingerprint density at radius 1 is 1.59 bits per heavy atom. The number of hydrogen-bond donors (Lipinski definition) is 1. The van der Waals surface area contributed by atoms with Crippen LogP contribution in [0, 0.1) is 0 Å². The zero-order chi connectivity index (χ0) is 12.3. The molecule has 17 heavy (non-hydrogen) atoms. The molecule has 1 fully saturated rings. The molecule has 1 aliphatic rings. The van der Waals surface area contributed by atoms with Crippen molar-refractivity contribution in [3.8, 4) is 0 Å². The van der Waals surface area contributed by atoms with Crippen molar-refractivity contribution in [1.29, 1.82) is 0 Å². The molecule has 1 aromatic heterocycles. The average Bonchev–Trinajstić information content (AvgIpc) is 2.85. The molecule has 2 heterocycles. The fraction of sp³-hybridized carbons (Fsp3) is 0.750. The van der Waals surface area contributed by atoms with Gasteiger partial charge in [0.2, 0.25) is 0 Å². The predicted molar refractivity (Wildman–Crippen MR) is 64.5 cm³/mol. The van der Waals surface area contributed by atoms with Crippen LogP contribution in [-0.4, -0.2) is 34.8 Å². The Morgan fingerprint density at radius 3 is 3.00 bits per heavy atom. The summed E-state index contributed by atoms with van der Waals surface area (Å²) >= 11 is 0. The van der Waals surface area contributed by atoms with Gasteiger partial charge in [-0.1, -0.05) is 0 Å². The van der Waals surface area contributed by atoms with E-state index in [2.05, 4.69) is 23.5 Å². The van der Waals surface area contributed by atoms with Gasteiger partial charge in [-0.15, -0.1) is 0 Å². The quantitative estimate of drug-likeness (QED) is 0.837. The van der Waals surface area contributed by atoms with Crippen molar-refractivity contribution in [2.75, 3.05) is 13.2 Å². The number of aryl methyl sites for hydroxylation is 1. The summed E-state index contributed by atoms with van der Waals surface area (Å²) in [7, 11) is 0. The SMILES string of the molecule is CCn1cc(CNCC2COC(C)(C)O2)cn1. The van der Waals surface area contributed by atoms with Gasteiger partial charge in [-0.25, -0.2) is 0 Å². The van der Waals surface area contributed by atoms with Gasteiger partial charge in [0.25, 0.3) is 0 Å². The molecule has 0 radical (unpaired) electrons. The van der Waals surface area contributed by atoms with Gasteiger partial charge in [0.05, 0.1) is 18.9 Å². The van der Waals surface area contributed by atoms with Gasteiger partial charge in [0.15, 0.2) is 5.79 Å². The van der Waals surface area contributed by atoms with E-state index in [4.69, 9.17) is 9.47 Å². The van der Waals surface area contributed by atoms with E-state index < -0.39 is 5.79 Å². The molecule has 0 aromatic carbocycles. The lowest BCUT2D eigenvalue weighted by atomic mass is 10.3. The van der Waals surface area contributed by atoms with Crippen LogP contribution < -0.4 is 5.32 Å². The van der Waals surface area contributed by atoms with E-state index in [1.54, 1.807) is 0 Å². The Hall–Kier alpha value is -0.910. The van der Waals surface area contributed by atoms with Crippen LogP contribution >= 0.6 is 0 Å². The fourth-order valence-electron chi connectivity index (χ4n) is 1.91. The molecule has 1 N–H and O–H groups in total. The highest BCUT2D eigenvalue weighted by Gasteiger charge is 2.32. The van der Waals surface area contributed by atoms with Crippen molar-refractivity contribution < 1.29 is 9.47 Å². The van der Waals surface area contributed by atoms with Crippen LogP contribution in [0.5, 0.6) is 0 Å². The molecule has 5 heteroatoms. The lowest BCUT2D eigenvalue weighted by molar-refractivity contribution is -0.137. The van der Waals surface area contributed by atoms with E-state index in [0.29, 0.717) is 6.61 Å². The highest BCUT2D eigenvalue weighted by molar-refractivity contribution is 5.03. The van der Waals surface area contributed by atoms with Gasteiger partial charge in [-0.3, -0.25) is 4.68 Å². The highest BCUT2D eigenvalue weighted by atomic mass is 16.7. The molecular formula is C12H21N3O2. The predicted octanol–water partition coefficient (Wildman–Crippen LogP) is 1.14. The van der Waals surface area contributed by atoms with Crippen LogP contribution in [0.3, 0.4) is 0 Å². The summed E-state index contributed by atoms with van der Waals surface area (Å²) in [5, 5.41) is 7.59. The molecule has 0 amide bonds. The first-order valence-electron chi connectivity index (χ1n) is 6.13. The van der Waals surface area contributed by atoms with Gasteiger partial charge in [0, 0.05) is 31.4 Å². The molecule has 1 aliphatic heterocycles. The third-order valence-corrected chi connectivity index (χ3v) is 2.78. The minimum atomic E-state index is -0.431. The molecule has 1 atom stereocenters. The van der Waals surface area contributed by atoms with Gasteiger partial charge >= 0.3 is 0 Å². The second kappa shape index (κ2) is 5.16. The zero-order valence-corrected chi connectivity index (χ0v) is 10.8. The van der Waals surface area contributed by atoms with Crippen molar-refractivity contribution in [2.24, 2.45) is 0 Å². The highest BCUT2D eigenvalue weighted by Crippen LogP contribution is 2.21. The van der Waals surface area contributed by atoms with Crippen LogP contribution in [0.15, 0.2) is 12.4 Å². The average molecular weight is 239 g/mol. The summed E-state index contributed by atoms with van der Waals surface area (Å²) in [5.41, 5.74) is 1.20. The van der Waals surface area contributed by atoms with Gasteiger partial charge < -0.3 is 14.8 Å². The first-order chi connectivity index (χ1) is 8.09. The Balaban J connectivity index is 1.69. The third kappa shape index (κ3) is 3.52. The molecule has 5 nitrogen and oxygen atoms in total. The lowest BCUT2D eigenvalue weighted by Crippen LogP contribution is -2.30. The van der Waals surface area contributed by atoms with Crippen LogP contribution in [0.4, 0.5) is 0 Å². The van der Waals surface area contributed by atoms with E-state index in [-0.39, 0.29) is 6.10 Å². The largest absolute Gasteiger partial charge is 0.348 e. The molecule has 0 saturated carbocycles. The molecular weight excluding hydrogens is 218 g/mol. The standard InChI is InChI=1S/C12H21N3O2/c1-4-15-8-10(6-14-15)5-13-7-11-9-16-12(2,3)17-11/h6,8,11,13H,4-5,7,9H2,1-3H3. The maximum absolute atomic E-state index is 5.71. The van der Waals surface area contributed by atoms with Gasteiger partial charge in [0.1, 0.15) is 0 Å². The third-order valence-electron chi connectivity index (χ3n) is 2.78. The second-order valence-corrected chi connectivity index (χ2v) is 4.79. The Kier molecular flexibility index (Phi) is 3.81. The molecule has 1 saturated heterocycles. The number of nitrogens with zero attached hydrogens (tertiary/aromatic N) is 2. The molecule has 2 rings (SSSR count). The Morgan fingerprint density at radius 2 is 2.41 bits per heavy atom. The minimum absolute atomic E-state index is 0.145. The summed E-state index contributed by atoms with van der Waals surface area (Å²) in [6.07, 6.45) is 4.10. The zero-order valence-electron chi connectivity index (χ0n) is 10.8. The number of rotatable bonds is 5. The monoisotopic (exact) mass is 239 g/mol. The molecule has 0 spiro atoms. The summed E-state index contributed by atoms with van der Waals surface area (Å²) in [4.78, 5) is 0. The fourth-order valence-corrected chi connectivity index (χ4v) is 1.91. The summed E-state index contributed by atoms with van der Waals surface area (Å²) in [6, 6.07) is 0. The molecule has 1 aromatic rings. The lowest BCUT2D eigenvalue weighted by Gasteiger charge is -2.17. The minimum Gasteiger partial charge on any atom is -0.348 e. The van der Waals surface area contributed by atoms with Crippen LogP contribution in [-0.2, 0) is 22.6 Å². The van der Waals surface area contributed by atoms with Crippen molar-refractivity contribution in [2.45, 2.75) is 45.8 Å². The first-order valence-corrected chi connectivity index (χ1v) is 6.13. The normalized spacial score (nSPS) is 23.1. The number of nitrogens with one attached hydrogen (secondary N) is 1. The van der Waals surface area contributed by atoms with Crippen molar-refractivity contribution >= 4 is 0 Å². The summed E-state index contributed by atoms with van der Waals surface area (Å²) in [6.45, 7) is 9.16. The van der Waals surface area contributed by atoms with E-state index in [1.807, 2.05) is 24.7 Å². The summed E-state index contributed by atoms with van der Waals surface area (Å²) < 4.78 is 13.1. The van der Waals surface area contributed by atoms with Crippen LogP contribution in [0.2, 0.25) is 0 Å². The van der Waals surface area contributed by atoms with Crippen molar-refractivity contribution in [1.82, 2.24) is 15.1 Å². The Labute approximate surface area is 102 Å². The maximum atomic E-state index is 5.71. The van der Waals surface area contributed by atoms with Crippen molar-refractivity contribution in [3.63, 3.8) is 0 Å². The second-order valence-electron chi connectivity index (χ2n) is 4.79. The maximum Gasteiger partial charge on any atom is 0.163 e. The van der Waals surface area contributed by atoms with Crippen LogP contribution in [0.1, 0.15) is 26.3 Å². The molecule has 1 unspecified atom stereocenters. The number of ether oxygens (including phenoxy) is 2. The summed E-state index contributed by atoms with van der Waals surface area (Å²) in [5.74, 6) is -0.431. The van der Waals surface area contributed by atoms with E-state index in [1.165, 1.54) is 5.56 Å².